The molecule has 6 nitrogen and oxygen atoms in total. The fourth-order valence-electron chi connectivity index (χ4n) is 3.13. The lowest BCUT2D eigenvalue weighted by Crippen LogP contribution is -2.40. The monoisotopic (exact) mass is 587 g/mol. The Kier molecular flexibility index (Phi) is 50.9. The molecule has 3 unspecified atom stereocenters. The molecule has 0 fully saturated rings. The van der Waals surface area contributed by atoms with Gasteiger partial charge in [-0.2, -0.15) is 0 Å². The molecule has 0 aromatic carbocycles. The van der Waals surface area contributed by atoms with Crippen LogP contribution in [0, 0.1) is 5.92 Å². The summed E-state index contributed by atoms with van der Waals surface area (Å²) in [5.41, 5.74) is 9.38. The second-order valence-electron chi connectivity index (χ2n) is 8.31. The van der Waals surface area contributed by atoms with E-state index < -0.39 is 0 Å². The number of carbonyl (C=O) groups excluding carboxylic acids is 1. The highest BCUT2D eigenvalue weighted by atomic mass is 16.5. The Hall–Kier alpha value is -1.89. The third-order valence-electron chi connectivity index (χ3n) is 5.72. The molecule has 248 valence electrons. The third-order valence-corrected chi connectivity index (χ3v) is 5.72. The van der Waals surface area contributed by atoms with Crippen molar-refractivity contribution < 1.29 is 19.0 Å². The van der Waals surface area contributed by atoms with Crippen LogP contribution in [0.3, 0.4) is 0 Å². The molecule has 0 radical (unpaired) electrons. The molecule has 0 rings (SSSR count). The molecule has 0 aliphatic rings. The van der Waals surface area contributed by atoms with Crippen molar-refractivity contribution in [1.29, 1.82) is 0 Å². The number of methoxy groups -OCH3 is 3. The summed E-state index contributed by atoms with van der Waals surface area (Å²) in [7, 11) is 6.77. The molecule has 0 spiro atoms. The number of hydrogen-bond acceptors (Lipinski definition) is 6. The fraction of sp³-hybridized carbons (Fsp3) is 0.743. The summed E-state index contributed by atoms with van der Waals surface area (Å²) in [6.07, 6.45) is 9.31. The maximum atomic E-state index is 11.6. The number of hydrogen-bond donors (Lipinski definition) is 1. The molecule has 0 aromatic heterocycles. The second-order valence-corrected chi connectivity index (χ2v) is 8.31. The molecule has 41 heavy (non-hydrogen) atoms. The SMILES string of the molecule is C/C=C\C(CC(C)N(C)CC(CN)C(=O)OC)=C(/C)CC.C=C(C)/C(=C\C(CC)OC)OC.CC.CC.CC.CC. The molecule has 0 aliphatic heterocycles. The highest BCUT2D eigenvalue weighted by molar-refractivity contribution is 5.72. The van der Waals surface area contributed by atoms with Gasteiger partial charge in [0.25, 0.3) is 0 Å². The number of carbonyl (C=O) groups is 1. The predicted molar refractivity (Wildman–Crippen MR) is 185 cm³/mol. The van der Waals surface area contributed by atoms with Crippen LogP contribution in [0.5, 0.6) is 0 Å². The second kappa shape index (κ2) is 40.2. The number of allylic oxidation sites excluding steroid dienone is 4. The van der Waals surface area contributed by atoms with Crippen molar-refractivity contribution >= 4 is 5.97 Å². The van der Waals surface area contributed by atoms with E-state index in [1.54, 1.807) is 14.2 Å². The summed E-state index contributed by atoms with van der Waals surface area (Å²) in [6.45, 7) is 33.3. The summed E-state index contributed by atoms with van der Waals surface area (Å²) in [5, 5.41) is 0. The Morgan fingerprint density at radius 1 is 0.951 bits per heavy atom. The predicted octanol–water partition coefficient (Wildman–Crippen LogP) is 9.37. The molecule has 0 amide bonds. The van der Waals surface area contributed by atoms with Gasteiger partial charge in [0.15, 0.2) is 0 Å². The van der Waals surface area contributed by atoms with E-state index in [0.29, 0.717) is 19.1 Å². The fourth-order valence-corrected chi connectivity index (χ4v) is 3.13. The van der Waals surface area contributed by atoms with Crippen LogP contribution in [0.2, 0.25) is 0 Å². The normalized spacial score (nSPS) is 12.9. The summed E-state index contributed by atoms with van der Waals surface area (Å²) in [6, 6.07) is 0.344. The van der Waals surface area contributed by atoms with E-state index in [-0.39, 0.29) is 18.0 Å². The Morgan fingerprint density at radius 3 is 1.73 bits per heavy atom. The number of esters is 1. The number of ether oxygens (including phenoxy) is 3. The Labute approximate surface area is 258 Å². The van der Waals surface area contributed by atoms with Crippen LogP contribution < -0.4 is 5.73 Å². The van der Waals surface area contributed by atoms with Crippen molar-refractivity contribution in [3.05, 3.63) is 47.3 Å². The van der Waals surface area contributed by atoms with Gasteiger partial charge in [-0.3, -0.25) is 4.79 Å². The van der Waals surface area contributed by atoms with Crippen molar-refractivity contribution in [2.75, 3.05) is 41.5 Å². The van der Waals surface area contributed by atoms with Crippen molar-refractivity contribution in [1.82, 2.24) is 4.90 Å². The average Bonchev–Trinajstić information content (AvgIpc) is 3.03. The van der Waals surface area contributed by atoms with Crippen LogP contribution in [-0.4, -0.2) is 64.5 Å². The first kappa shape index (κ1) is 51.8. The first-order valence-electron chi connectivity index (χ1n) is 15.8. The summed E-state index contributed by atoms with van der Waals surface area (Å²) < 4.78 is 15.1. The van der Waals surface area contributed by atoms with Gasteiger partial charge >= 0.3 is 5.97 Å². The zero-order valence-electron chi connectivity index (χ0n) is 30.9. The van der Waals surface area contributed by atoms with Crippen LogP contribution in [0.1, 0.15) is 116 Å². The van der Waals surface area contributed by atoms with E-state index in [4.69, 9.17) is 19.9 Å². The van der Waals surface area contributed by atoms with E-state index >= 15 is 0 Å². The molecule has 0 heterocycles. The Morgan fingerprint density at radius 2 is 1.44 bits per heavy atom. The van der Waals surface area contributed by atoms with Crippen LogP contribution in [0.4, 0.5) is 0 Å². The zero-order chi connectivity index (χ0) is 34.0. The molecule has 3 atom stereocenters. The number of rotatable bonds is 14. The van der Waals surface area contributed by atoms with E-state index in [1.165, 1.54) is 18.3 Å². The van der Waals surface area contributed by atoms with Crippen molar-refractivity contribution in [2.24, 2.45) is 11.7 Å². The summed E-state index contributed by atoms with van der Waals surface area (Å²) in [4.78, 5) is 13.8. The molecular weight excluding hydrogens is 512 g/mol. The van der Waals surface area contributed by atoms with E-state index in [9.17, 15) is 4.79 Å². The van der Waals surface area contributed by atoms with Gasteiger partial charge in [0, 0.05) is 26.2 Å². The van der Waals surface area contributed by atoms with Gasteiger partial charge < -0.3 is 24.8 Å². The van der Waals surface area contributed by atoms with Gasteiger partial charge in [-0.25, -0.2) is 0 Å². The zero-order valence-corrected chi connectivity index (χ0v) is 30.9. The van der Waals surface area contributed by atoms with Gasteiger partial charge in [-0.05, 0) is 71.2 Å². The number of nitrogens with zero attached hydrogens (tertiary/aromatic N) is 1. The van der Waals surface area contributed by atoms with Gasteiger partial charge in [0.2, 0.25) is 0 Å². The maximum Gasteiger partial charge on any atom is 0.311 e. The van der Waals surface area contributed by atoms with Crippen molar-refractivity contribution in [2.45, 2.75) is 128 Å². The smallest absolute Gasteiger partial charge is 0.311 e. The maximum absolute atomic E-state index is 11.6. The first-order chi connectivity index (χ1) is 19.6. The van der Waals surface area contributed by atoms with Crippen LogP contribution in [-0.2, 0) is 19.0 Å². The minimum Gasteiger partial charge on any atom is -0.497 e. The van der Waals surface area contributed by atoms with Gasteiger partial charge in [-0.1, -0.05) is 93.5 Å². The molecule has 0 saturated heterocycles. The van der Waals surface area contributed by atoms with E-state index in [0.717, 1.165) is 30.6 Å². The molecule has 0 aromatic rings. The standard InChI is InChI=1S/C17H32N2O2.C10H18O2.4C2H6/c1-7-9-15(13(3)8-2)10-14(4)19(5)12-16(11-18)17(20)21-6;1-6-9(11-4)7-10(12-5)8(2)3;4*1-2/h7,9,14,16H,8,10-12,18H2,1-6H3;7,9H,2,6H2,1,3-5H3;4*1-2H3/b9-7-,15-13-;10-7+;;;;. The molecule has 0 aliphatic carbocycles. The van der Waals surface area contributed by atoms with E-state index in [2.05, 4.69) is 51.3 Å². The lowest BCUT2D eigenvalue weighted by atomic mass is 9.98. The topological polar surface area (TPSA) is 74.0 Å². The average molecular weight is 587 g/mol. The van der Waals surface area contributed by atoms with Crippen LogP contribution in [0.25, 0.3) is 0 Å². The number of nitrogens with two attached hydrogens (primary N) is 1. The van der Waals surface area contributed by atoms with Crippen LogP contribution >= 0.6 is 0 Å². The highest BCUT2D eigenvalue weighted by Crippen LogP contribution is 2.19. The molecule has 2 N–H and O–H groups in total. The van der Waals surface area contributed by atoms with Crippen LogP contribution in [0.15, 0.2) is 47.3 Å². The quantitative estimate of drug-likeness (QED) is 0.124. The lowest BCUT2D eigenvalue weighted by Gasteiger charge is -2.28. The molecule has 6 heteroatoms. The Bertz CT molecular complexity index is 651. The third kappa shape index (κ3) is 29.4. The Balaban J connectivity index is -0.000000130. The highest BCUT2D eigenvalue weighted by Gasteiger charge is 2.22. The first-order valence-corrected chi connectivity index (χ1v) is 15.8. The van der Waals surface area contributed by atoms with Gasteiger partial charge in [0.1, 0.15) is 5.76 Å². The molecule has 0 saturated carbocycles. The molecule has 0 bridgehead atoms. The van der Waals surface area contributed by atoms with Gasteiger partial charge in [-0.15, -0.1) is 0 Å². The lowest BCUT2D eigenvalue weighted by molar-refractivity contribution is -0.145. The minimum absolute atomic E-state index is 0.122. The van der Waals surface area contributed by atoms with Crippen molar-refractivity contribution in [3.8, 4) is 0 Å². The summed E-state index contributed by atoms with van der Waals surface area (Å²) in [5.74, 6) is 0.318. The molecular formula is C35H74N2O4. The van der Waals surface area contributed by atoms with Crippen molar-refractivity contribution in [3.63, 3.8) is 0 Å². The minimum atomic E-state index is -0.260. The summed E-state index contributed by atoms with van der Waals surface area (Å²) >= 11 is 0. The largest absolute Gasteiger partial charge is 0.497 e. The van der Waals surface area contributed by atoms with Gasteiger partial charge in [0.05, 0.1) is 26.2 Å². The van der Waals surface area contributed by atoms with E-state index in [1.807, 2.05) is 82.4 Å².